The molecule has 3 aromatic rings. The Balaban J connectivity index is 2.00. The summed E-state index contributed by atoms with van der Waals surface area (Å²) in [4.78, 5) is 12.6. The van der Waals surface area contributed by atoms with Gasteiger partial charge in [0.1, 0.15) is 0 Å². The minimum absolute atomic E-state index is 0.0135. The fourth-order valence-electron chi connectivity index (χ4n) is 2.46. The highest BCUT2D eigenvalue weighted by Crippen LogP contribution is 2.34. The van der Waals surface area contributed by atoms with Gasteiger partial charge in [0, 0.05) is 16.0 Å². The Labute approximate surface area is 151 Å². The average Bonchev–Trinajstić information content (AvgIpc) is 2.55. The van der Waals surface area contributed by atoms with Crippen molar-refractivity contribution in [1.82, 2.24) is 0 Å². The van der Waals surface area contributed by atoms with Crippen molar-refractivity contribution < 1.29 is 18.0 Å². The molecule has 0 fully saturated rings. The van der Waals surface area contributed by atoms with Crippen LogP contribution in [0.25, 0.3) is 10.8 Å². The Bertz CT molecular complexity index is 970. The molecule has 0 saturated carbocycles. The normalized spacial score (nSPS) is 11.6. The molecule has 3 rings (SSSR count). The first-order valence-corrected chi connectivity index (χ1v) is 7.88. The quantitative estimate of drug-likeness (QED) is 0.543. The smallest absolute Gasteiger partial charge is 0.321 e. The Morgan fingerprint density at radius 2 is 1.56 bits per heavy atom. The largest absolute Gasteiger partial charge is 0.416 e. The number of hydrogen-bond acceptors (Lipinski definition) is 1. The second kappa shape index (κ2) is 6.58. The molecule has 0 saturated heterocycles. The average molecular weight is 384 g/mol. The molecule has 2 nitrogen and oxygen atoms in total. The van der Waals surface area contributed by atoms with Crippen molar-refractivity contribution in [3.63, 3.8) is 0 Å². The zero-order valence-corrected chi connectivity index (χ0v) is 14.0. The van der Waals surface area contributed by atoms with Crippen LogP contribution in [0.2, 0.25) is 10.0 Å². The van der Waals surface area contributed by atoms with Crippen molar-refractivity contribution in [3.05, 3.63) is 75.8 Å². The van der Waals surface area contributed by atoms with Crippen LogP contribution < -0.4 is 5.32 Å². The summed E-state index contributed by atoms with van der Waals surface area (Å²) in [5.41, 5.74) is -0.720. The topological polar surface area (TPSA) is 29.1 Å². The molecule has 0 atom stereocenters. The third-order valence-corrected chi connectivity index (χ3v) is 4.31. The number of fused-ring (bicyclic) bond motifs is 1. The molecule has 1 amide bonds. The van der Waals surface area contributed by atoms with Gasteiger partial charge in [0.2, 0.25) is 0 Å². The lowest BCUT2D eigenvalue weighted by Crippen LogP contribution is -2.14. The predicted octanol–water partition coefficient (Wildman–Crippen LogP) is 6.42. The summed E-state index contributed by atoms with van der Waals surface area (Å²) in [5.74, 6) is -0.575. The number of nitrogens with one attached hydrogen (secondary N) is 1. The number of halogens is 5. The Kier molecular flexibility index (Phi) is 4.62. The van der Waals surface area contributed by atoms with Gasteiger partial charge < -0.3 is 5.32 Å². The zero-order valence-electron chi connectivity index (χ0n) is 12.5. The van der Waals surface area contributed by atoms with E-state index in [4.69, 9.17) is 23.2 Å². The standard InChI is InChI=1S/C18H10Cl2F3NO/c19-14-6-2-3-11-12(14)4-1-5-13(11)17(25)24-16-9-10(18(21,22)23)7-8-15(16)20/h1-9H,(H,24,25). The summed E-state index contributed by atoms with van der Waals surface area (Å²) >= 11 is 12.0. The monoisotopic (exact) mass is 383 g/mol. The highest BCUT2D eigenvalue weighted by Gasteiger charge is 2.31. The lowest BCUT2D eigenvalue weighted by atomic mass is 10.0. The Hall–Kier alpha value is -2.24. The van der Waals surface area contributed by atoms with E-state index in [-0.39, 0.29) is 16.3 Å². The van der Waals surface area contributed by atoms with Gasteiger partial charge in [0.25, 0.3) is 5.91 Å². The fourth-order valence-corrected chi connectivity index (χ4v) is 2.86. The van der Waals surface area contributed by atoms with E-state index in [1.807, 2.05) is 0 Å². The van der Waals surface area contributed by atoms with Gasteiger partial charge in [0.15, 0.2) is 0 Å². The predicted molar refractivity (Wildman–Crippen MR) is 93.4 cm³/mol. The van der Waals surface area contributed by atoms with Crippen molar-refractivity contribution in [1.29, 1.82) is 0 Å². The summed E-state index contributed by atoms with van der Waals surface area (Å²) in [6, 6.07) is 12.8. The minimum Gasteiger partial charge on any atom is -0.321 e. The van der Waals surface area contributed by atoms with Gasteiger partial charge in [-0.15, -0.1) is 0 Å². The molecule has 0 aromatic heterocycles. The van der Waals surface area contributed by atoms with E-state index >= 15 is 0 Å². The van der Waals surface area contributed by atoms with Crippen LogP contribution in [0.4, 0.5) is 18.9 Å². The second-order valence-electron chi connectivity index (χ2n) is 5.29. The van der Waals surface area contributed by atoms with Crippen molar-refractivity contribution in [2.75, 3.05) is 5.32 Å². The number of amides is 1. The molecule has 7 heteroatoms. The van der Waals surface area contributed by atoms with Crippen LogP contribution >= 0.6 is 23.2 Å². The number of rotatable bonds is 2. The van der Waals surface area contributed by atoms with Crippen LogP contribution in [0.15, 0.2) is 54.6 Å². The van der Waals surface area contributed by atoms with Crippen molar-refractivity contribution in [3.8, 4) is 0 Å². The summed E-state index contributed by atoms with van der Waals surface area (Å²) in [7, 11) is 0. The highest BCUT2D eigenvalue weighted by atomic mass is 35.5. The van der Waals surface area contributed by atoms with E-state index in [0.29, 0.717) is 15.8 Å². The molecule has 128 valence electrons. The van der Waals surface area contributed by atoms with E-state index in [1.165, 1.54) is 0 Å². The molecule has 3 aromatic carbocycles. The Morgan fingerprint density at radius 3 is 2.28 bits per heavy atom. The number of hydrogen-bond donors (Lipinski definition) is 1. The maximum atomic E-state index is 12.8. The third-order valence-electron chi connectivity index (χ3n) is 3.66. The molecule has 0 aliphatic rings. The lowest BCUT2D eigenvalue weighted by Gasteiger charge is -2.13. The molecule has 0 unspecified atom stereocenters. The van der Waals surface area contributed by atoms with Crippen LogP contribution in [0.5, 0.6) is 0 Å². The van der Waals surface area contributed by atoms with Crippen molar-refractivity contribution in [2.24, 2.45) is 0 Å². The number of anilines is 1. The highest BCUT2D eigenvalue weighted by molar-refractivity contribution is 6.36. The summed E-state index contributed by atoms with van der Waals surface area (Å²) in [6.07, 6.45) is -4.53. The first-order valence-electron chi connectivity index (χ1n) is 7.13. The molecule has 0 aliphatic heterocycles. The van der Waals surface area contributed by atoms with Crippen molar-refractivity contribution in [2.45, 2.75) is 6.18 Å². The molecule has 1 N–H and O–H groups in total. The maximum absolute atomic E-state index is 12.8. The number of alkyl halides is 3. The van der Waals surface area contributed by atoms with E-state index in [9.17, 15) is 18.0 Å². The molecule has 0 bridgehead atoms. The first-order chi connectivity index (χ1) is 11.8. The molecular formula is C18H10Cl2F3NO. The SMILES string of the molecule is O=C(Nc1cc(C(F)(F)F)ccc1Cl)c1cccc2c(Cl)cccc12. The van der Waals surface area contributed by atoms with Gasteiger partial charge in [-0.1, -0.05) is 47.5 Å². The van der Waals surface area contributed by atoms with Crippen molar-refractivity contribution >= 4 is 45.6 Å². The van der Waals surface area contributed by atoms with Crippen LogP contribution in [0.3, 0.4) is 0 Å². The van der Waals surface area contributed by atoms with Gasteiger partial charge in [-0.25, -0.2) is 0 Å². The second-order valence-corrected chi connectivity index (χ2v) is 6.10. The molecule has 0 radical (unpaired) electrons. The number of benzene rings is 3. The van der Waals surface area contributed by atoms with Crippen LogP contribution in [0.1, 0.15) is 15.9 Å². The van der Waals surface area contributed by atoms with E-state index < -0.39 is 17.6 Å². The van der Waals surface area contributed by atoms with Crippen LogP contribution in [-0.2, 0) is 6.18 Å². The Morgan fingerprint density at radius 1 is 0.880 bits per heavy atom. The molecular weight excluding hydrogens is 374 g/mol. The maximum Gasteiger partial charge on any atom is 0.416 e. The molecule has 0 heterocycles. The van der Waals surface area contributed by atoms with E-state index in [0.717, 1.165) is 18.2 Å². The van der Waals surface area contributed by atoms with E-state index in [2.05, 4.69) is 5.32 Å². The number of carbonyl (C=O) groups is 1. The number of carbonyl (C=O) groups excluding carboxylic acids is 1. The van der Waals surface area contributed by atoms with Gasteiger partial charge >= 0.3 is 6.18 Å². The van der Waals surface area contributed by atoms with Crippen LogP contribution in [0, 0.1) is 0 Å². The minimum atomic E-state index is -4.53. The lowest BCUT2D eigenvalue weighted by molar-refractivity contribution is -0.137. The van der Waals surface area contributed by atoms with Gasteiger partial charge in [0.05, 0.1) is 16.3 Å². The fraction of sp³-hybridized carbons (Fsp3) is 0.0556. The summed E-state index contributed by atoms with van der Waals surface area (Å²) in [5, 5.41) is 4.19. The zero-order chi connectivity index (χ0) is 18.2. The van der Waals surface area contributed by atoms with Gasteiger partial charge in [-0.2, -0.15) is 13.2 Å². The third kappa shape index (κ3) is 3.57. The summed E-state index contributed by atoms with van der Waals surface area (Å²) in [6.45, 7) is 0. The first kappa shape index (κ1) is 17.6. The van der Waals surface area contributed by atoms with Gasteiger partial charge in [-0.3, -0.25) is 4.79 Å². The van der Waals surface area contributed by atoms with E-state index in [1.54, 1.807) is 36.4 Å². The molecule has 25 heavy (non-hydrogen) atoms. The molecule has 0 spiro atoms. The molecule has 0 aliphatic carbocycles. The summed E-state index contributed by atoms with van der Waals surface area (Å²) < 4.78 is 38.5. The van der Waals surface area contributed by atoms with Crippen LogP contribution in [-0.4, -0.2) is 5.91 Å². The van der Waals surface area contributed by atoms with Gasteiger partial charge in [-0.05, 0) is 35.7 Å².